The van der Waals surface area contributed by atoms with Gasteiger partial charge in [0, 0.05) is 23.4 Å². The van der Waals surface area contributed by atoms with Gasteiger partial charge in [-0.2, -0.15) is 4.31 Å². The average Bonchev–Trinajstić information content (AvgIpc) is 2.99. The van der Waals surface area contributed by atoms with Gasteiger partial charge in [-0.25, -0.2) is 8.42 Å². The number of halogens is 1. The number of hydrogen-bond acceptors (Lipinski definition) is 3. The van der Waals surface area contributed by atoms with E-state index in [0.717, 1.165) is 22.9 Å². The number of rotatable bonds is 3. The molecule has 2 aromatic rings. The topological polar surface area (TPSA) is 50.3 Å². The van der Waals surface area contributed by atoms with Crippen LogP contribution in [0.1, 0.15) is 24.4 Å². The fourth-order valence-corrected chi connectivity index (χ4v) is 4.64. The average molecular weight is 367 g/mol. The second kappa shape index (κ2) is 5.87. The molecule has 0 N–H and O–H groups in total. The van der Waals surface area contributed by atoms with Crippen molar-refractivity contribution in [2.75, 3.05) is 6.54 Å². The van der Waals surface area contributed by atoms with Crippen LogP contribution in [0, 0.1) is 0 Å². The van der Waals surface area contributed by atoms with Gasteiger partial charge in [-0.1, -0.05) is 15.9 Å². The predicted octanol–water partition coefficient (Wildman–Crippen LogP) is 3.37. The zero-order valence-electron chi connectivity index (χ0n) is 11.3. The highest BCUT2D eigenvalue weighted by Gasteiger charge is 2.35. The van der Waals surface area contributed by atoms with Crippen molar-refractivity contribution in [1.82, 2.24) is 9.29 Å². The van der Waals surface area contributed by atoms with E-state index in [1.165, 1.54) is 0 Å². The Balaban J connectivity index is 1.96. The first-order chi connectivity index (χ1) is 10.1. The van der Waals surface area contributed by atoms with E-state index >= 15 is 0 Å². The van der Waals surface area contributed by atoms with Crippen LogP contribution >= 0.6 is 15.9 Å². The molecule has 2 heterocycles. The number of benzene rings is 1. The van der Waals surface area contributed by atoms with Crippen molar-refractivity contribution in [3.05, 3.63) is 58.8 Å². The van der Waals surface area contributed by atoms with Crippen LogP contribution in [0.15, 0.2) is 58.2 Å². The Bertz CT molecular complexity index is 717. The third-order valence-electron chi connectivity index (χ3n) is 3.71. The van der Waals surface area contributed by atoms with Gasteiger partial charge >= 0.3 is 0 Å². The van der Waals surface area contributed by atoms with Crippen molar-refractivity contribution in [2.24, 2.45) is 0 Å². The number of sulfonamides is 1. The van der Waals surface area contributed by atoms with Crippen LogP contribution in [-0.2, 0) is 10.0 Å². The first kappa shape index (κ1) is 14.7. The highest BCUT2D eigenvalue weighted by Crippen LogP contribution is 2.36. The minimum absolute atomic E-state index is 0.0957. The van der Waals surface area contributed by atoms with Crippen molar-refractivity contribution in [3.63, 3.8) is 0 Å². The summed E-state index contributed by atoms with van der Waals surface area (Å²) in [7, 11) is -3.46. The summed E-state index contributed by atoms with van der Waals surface area (Å²) in [5, 5.41) is 0. The summed E-state index contributed by atoms with van der Waals surface area (Å²) >= 11 is 3.33. The van der Waals surface area contributed by atoms with Crippen LogP contribution in [0.5, 0.6) is 0 Å². The smallest absolute Gasteiger partial charge is 0.243 e. The van der Waals surface area contributed by atoms with Gasteiger partial charge in [0.25, 0.3) is 0 Å². The number of hydrogen-bond donors (Lipinski definition) is 0. The largest absolute Gasteiger partial charge is 0.265 e. The standard InChI is InChI=1S/C15H15BrN2O2S/c16-13-3-5-14(6-4-13)21(19,20)18-11-1-2-15(18)12-7-9-17-10-8-12/h3-10,15H,1-2,11H2. The Labute approximate surface area is 133 Å². The Morgan fingerprint density at radius 3 is 2.43 bits per heavy atom. The van der Waals surface area contributed by atoms with Crippen LogP contribution in [-0.4, -0.2) is 24.3 Å². The molecule has 3 rings (SSSR count). The van der Waals surface area contributed by atoms with Crippen molar-refractivity contribution in [1.29, 1.82) is 0 Å². The Morgan fingerprint density at radius 2 is 1.76 bits per heavy atom. The number of pyridine rings is 1. The zero-order valence-corrected chi connectivity index (χ0v) is 13.7. The highest BCUT2D eigenvalue weighted by molar-refractivity contribution is 9.10. The SMILES string of the molecule is O=S(=O)(c1ccc(Br)cc1)N1CCCC1c1ccncc1. The summed E-state index contributed by atoms with van der Waals surface area (Å²) in [5.74, 6) is 0. The molecule has 1 saturated heterocycles. The maximum atomic E-state index is 12.8. The summed E-state index contributed by atoms with van der Waals surface area (Å²) in [4.78, 5) is 4.34. The molecule has 21 heavy (non-hydrogen) atoms. The molecular formula is C15H15BrN2O2S. The molecule has 1 aliphatic heterocycles. The minimum atomic E-state index is -3.46. The molecule has 6 heteroatoms. The zero-order chi connectivity index (χ0) is 14.9. The molecule has 1 fully saturated rings. The summed E-state index contributed by atoms with van der Waals surface area (Å²) in [6, 6.07) is 10.5. The third-order valence-corrected chi connectivity index (χ3v) is 6.17. The number of nitrogens with zero attached hydrogens (tertiary/aromatic N) is 2. The summed E-state index contributed by atoms with van der Waals surface area (Å²) in [5.41, 5.74) is 1.00. The normalized spacial score (nSPS) is 19.8. The molecule has 0 amide bonds. The lowest BCUT2D eigenvalue weighted by molar-refractivity contribution is 0.396. The van der Waals surface area contributed by atoms with Gasteiger partial charge in [-0.3, -0.25) is 4.98 Å². The van der Waals surface area contributed by atoms with Gasteiger partial charge in [0.05, 0.1) is 10.9 Å². The summed E-state index contributed by atoms with van der Waals surface area (Å²) in [6.07, 6.45) is 5.14. The van der Waals surface area contributed by atoms with Gasteiger partial charge in [0.2, 0.25) is 10.0 Å². The van der Waals surface area contributed by atoms with Gasteiger partial charge in [-0.05, 0) is 54.8 Å². The van der Waals surface area contributed by atoms with E-state index in [1.807, 2.05) is 12.1 Å². The summed E-state index contributed by atoms with van der Waals surface area (Å²) < 4.78 is 28.1. The predicted molar refractivity (Wildman–Crippen MR) is 84.2 cm³/mol. The molecule has 0 radical (unpaired) electrons. The van der Waals surface area contributed by atoms with E-state index in [2.05, 4.69) is 20.9 Å². The van der Waals surface area contributed by atoms with E-state index in [0.29, 0.717) is 11.4 Å². The van der Waals surface area contributed by atoms with Crippen LogP contribution in [0.3, 0.4) is 0 Å². The van der Waals surface area contributed by atoms with E-state index in [9.17, 15) is 8.42 Å². The Hall–Kier alpha value is -1.24. The second-order valence-corrected chi connectivity index (χ2v) is 7.81. The van der Waals surface area contributed by atoms with Gasteiger partial charge < -0.3 is 0 Å². The molecule has 0 bridgehead atoms. The Morgan fingerprint density at radius 1 is 1.10 bits per heavy atom. The maximum absolute atomic E-state index is 12.8. The molecule has 110 valence electrons. The lowest BCUT2D eigenvalue weighted by Crippen LogP contribution is -2.30. The minimum Gasteiger partial charge on any atom is -0.265 e. The molecule has 1 aromatic carbocycles. The third kappa shape index (κ3) is 2.88. The van der Waals surface area contributed by atoms with Gasteiger partial charge in [-0.15, -0.1) is 0 Å². The second-order valence-electron chi connectivity index (χ2n) is 5.01. The van der Waals surface area contributed by atoms with Crippen LogP contribution in [0.2, 0.25) is 0 Å². The van der Waals surface area contributed by atoms with Gasteiger partial charge in [0.15, 0.2) is 0 Å². The molecule has 0 spiro atoms. The van der Waals surface area contributed by atoms with Gasteiger partial charge in [0.1, 0.15) is 0 Å². The molecular weight excluding hydrogens is 352 g/mol. The summed E-state index contributed by atoms with van der Waals surface area (Å²) in [6.45, 7) is 0.561. The fraction of sp³-hybridized carbons (Fsp3) is 0.267. The fourth-order valence-electron chi connectivity index (χ4n) is 2.69. The lowest BCUT2D eigenvalue weighted by Gasteiger charge is -2.24. The van der Waals surface area contributed by atoms with Crippen molar-refractivity contribution in [3.8, 4) is 0 Å². The van der Waals surface area contributed by atoms with Crippen molar-refractivity contribution in [2.45, 2.75) is 23.8 Å². The maximum Gasteiger partial charge on any atom is 0.243 e. The molecule has 1 aliphatic rings. The molecule has 1 unspecified atom stereocenters. The van der Waals surface area contributed by atoms with Crippen molar-refractivity contribution < 1.29 is 8.42 Å². The molecule has 1 aromatic heterocycles. The monoisotopic (exact) mass is 366 g/mol. The lowest BCUT2D eigenvalue weighted by atomic mass is 10.1. The first-order valence-electron chi connectivity index (χ1n) is 6.76. The van der Waals surface area contributed by atoms with Crippen LogP contribution in [0.4, 0.5) is 0 Å². The van der Waals surface area contributed by atoms with Crippen LogP contribution < -0.4 is 0 Å². The Kier molecular flexibility index (Phi) is 4.10. The highest BCUT2D eigenvalue weighted by atomic mass is 79.9. The van der Waals surface area contributed by atoms with Crippen LogP contribution in [0.25, 0.3) is 0 Å². The van der Waals surface area contributed by atoms with E-state index in [4.69, 9.17) is 0 Å². The van der Waals surface area contributed by atoms with E-state index < -0.39 is 10.0 Å². The van der Waals surface area contributed by atoms with E-state index in [1.54, 1.807) is 41.0 Å². The number of aromatic nitrogens is 1. The molecule has 4 nitrogen and oxygen atoms in total. The van der Waals surface area contributed by atoms with E-state index in [-0.39, 0.29) is 6.04 Å². The quantitative estimate of drug-likeness (QED) is 0.836. The first-order valence-corrected chi connectivity index (χ1v) is 9.00. The van der Waals surface area contributed by atoms with Crippen molar-refractivity contribution >= 4 is 26.0 Å². The molecule has 1 atom stereocenters. The molecule has 0 saturated carbocycles. The molecule has 0 aliphatic carbocycles.